The van der Waals surface area contributed by atoms with Crippen LogP contribution in [0.5, 0.6) is 11.5 Å². The molecule has 44 heavy (non-hydrogen) atoms. The molecule has 2 nitrogen and oxygen atoms in total. The lowest BCUT2D eigenvalue weighted by Crippen LogP contribution is -2.30. The lowest BCUT2D eigenvalue weighted by Gasteiger charge is -2.39. The number of phenolic OH excluding ortho intramolecular Hbond substituents is 2. The van der Waals surface area contributed by atoms with E-state index in [-0.39, 0.29) is 5.41 Å². The second-order valence-electron chi connectivity index (χ2n) is 15.2. The first-order valence-electron chi connectivity index (χ1n) is 19.3. The van der Waals surface area contributed by atoms with Crippen LogP contribution in [0, 0.1) is 11.8 Å². The van der Waals surface area contributed by atoms with Crippen LogP contribution in [-0.4, -0.2) is 10.2 Å². The lowest BCUT2D eigenvalue weighted by atomic mass is 9.64. The number of phenols is 2. The minimum atomic E-state index is -0.0108. The summed E-state index contributed by atoms with van der Waals surface area (Å²) in [5.41, 5.74) is 5.01. The minimum Gasteiger partial charge on any atom is -0.508 e. The molecule has 0 bridgehead atoms. The Labute approximate surface area is 270 Å². The van der Waals surface area contributed by atoms with Crippen molar-refractivity contribution >= 4 is 0 Å². The molecule has 2 heteroatoms. The number of hydrogen-bond acceptors (Lipinski definition) is 2. The van der Waals surface area contributed by atoms with Gasteiger partial charge in [-0.3, -0.25) is 0 Å². The first-order valence-corrected chi connectivity index (χ1v) is 19.3. The molecule has 2 aromatic rings. The zero-order valence-electron chi connectivity index (χ0n) is 28.1. The molecule has 0 unspecified atom stereocenters. The highest BCUT2D eigenvalue weighted by Crippen LogP contribution is 2.47. The number of rotatable bonds is 16. The van der Waals surface area contributed by atoms with Gasteiger partial charge in [-0.15, -0.1) is 0 Å². The van der Waals surface area contributed by atoms with Crippen LogP contribution in [0.15, 0.2) is 36.4 Å². The summed E-state index contributed by atoms with van der Waals surface area (Å²) in [5, 5.41) is 21.7. The first-order chi connectivity index (χ1) is 21.6. The zero-order valence-corrected chi connectivity index (χ0v) is 28.1. The summed E-state index contributed by atoms with van der Waals surface area (Å²) < 4.78 is 0. The first kappa shape index (κ1) is 33.4. The van der Waals surface area contributed by atoms with Gasteiger partial charge in [0.25, 0.3) is 0 Å². The second kappa shape index (κ2) is 17.7. The van der Waals surface area contributed by atoms with Crippen LogP contribution >= 0.6 is 0 Å². The van der Waals surface area contributed by atoms with Gasteiger partial charge in [0.1, 0.15) is 11.5 Å². The van der Waals surface area contributed by atoms with Crippen molar-refractivity contribution in [1.29, 1.82) is 0 Å². The average molecular weight is 601 g/mol. The van der Waals surface area contributed by atoms with Gasteiger partial charge in [0, 0.05) is 5.41 Å². The fraction of sp³-hybridized carbons (Fsp3) is 0.714. The molecule has 0 aliphatic heterocycles. The molecule has 244 valence electrons. The molecular weight excluding hydrogens is 536 g/mol. The van der Waals surface area contributed by atoms with Crippen LogP contribution in [-0.2, 0) is 18.3 Å². The fourth-order valence-corrected chi connectivity index (χ4v) is 9.22. The Bertz CT molecular complexity index is 1020. The smallest absolute Gasteiger partial charge is 0.118 e. The van der Waals surface area contributed by atoms with Gasteiger partial charge in [-0.2, -0.15) is 0 Å². The van der Waals surface area contributed by atoms with Gasteiger partial charge in [0.15, 0.2) is 0 Å². The van der Waals surface area contributed by atoms with Crippen molar-refractivity contribution in [2.75, 3.05) is 0 Å². The van der Waals surface area contributed by atoms with Gasteiger partial charge in [0.05, 0.1) is 0 Å². The fourth-order valence-electron chi connectivity index (χ4n) is 9.22. The molecule has 3 aliphatic carbocycles. The topological polar surface area (TPSA) is 40.5 Å². The molecule has 3 aliphatic rings. The summed E-state index contributed by atoms with van der Waals surface area (Å²) in [6, 6.07) is 13.0. The molecule has 3 saturated carbocycles. The molecule has 3 fully saturated rings. The Morgan fingerprint density at radius 2 is 0.886 bits per heavy atom. The normalized spacial score (nSPS) is 19.7. The molecule has 2 N–H and O–H groups in total. The molecule has 2 aromatic carbocycles. The highest BCUT2D eigenvalue weighted by Gasteiger charge is 2.36. The summed E-state index contributed by atoms with van der Waals surface area (Å²) in [7, 11) is 0. The van der Waals surface area contributed by atoms with E-state index < -0.39 is 0 Å². The average Bonchev–Trinajstić information content (AvgIpc) is 3.07. The summed E-state index contributed by atoms with van der Waals surface area (Å²) in [5.74, 6) is 2.92. The van der Waals surface area contributed by atoms with Gasteiger partial charge < -0.3 is 10.2 Å². The van der Waals surface area contributed by atoms with Crippen molar-refractivity contribution in [3.05, 3.63) is 58.7 Å². The van der Waals surface area contributed by atoms with Crippen molar-refractivity contribution in [1.82, 2.24) is 0 Å². The van der Waals surface area contributed by atoms with Crippen LogP contribution < -0.4 is 0 Å². The second-order valence-corrected chi connectivity index (χ2v) is 15.2. The van der Waals surface area contributed by atoms with Gasteiger partial charge in [0.2, 0.25) is 0 Å². The Morgan fingerprint density at radius 1 is 0.477 bits per heavy atom. The van der Waals surface area contributed by atoms with Crippen LogP contribution in [0.3, 0.4) is 0 Å². The summed E-state index contributed by atoms with van der Waals surface area (Å²) in [4.78, 5) is 0. The SMILES string of the molecule is Oc1ccc(C2(c3ccc(O)c(CCCCCCC4CCCCC4)c3)CCCCC2)cc1CCCCCCC1CCCCC1. The van der Waals surface area contributed by atoms with Gasteiger partial charge in [-0.05, 0) is 84.7 Å². The van der Waals surface area contributed by atoms with E-state index in [2.05, 4.69) is 24.3 Å². The van der Waals surface area contributed by atoms with Crippen molar-refractivity contribution in [2.24, 2.45) is 11.8 Å². The van der Waals surface area contributed by atoms with E-state index >= 15 is 0 Å². The number of benzene rings is 2. The minimum absolute atomic E-state index is 0.0108. The predicted molar refractivity (Wildman–Crippen MR) is 187 cm³/mol. The van der Waals surface area contributed by atoms with E-state index in [4.69, 9.17) is 0 Å². The zero-order chi connectivity index (χ0) is 30.5. The van der Waals surface area contributed by atoms with E-state index in [0.29, 0.717) is 11.5 Å². The Balaban J connectivity index is 1.16. The van der Waals surface area contributed by atoms with Crippen molar-refractivity contribution in [3.8, 4) is 11.5 Å². The van der Waals surface area contributed by atoms with Crippen molar-refractivity contribution < 1.29 is 10.2 Å². The third-order valence-corrected chi connectivity index (χ3v) is 12.0. The van der Waals surface area contributed by atoms with E-state index in [1.54, 1.807) is 0 Å². The summed E-state index contributed by atoms with van der Waals surface area (Å²) in [6.45, 7) is 0. The monoisotopic (exact) mass is 600 g/mol. The van der Waals surface area contributed by atoms with Crippen LogP contribution in [0.25, 0.3) is 0 Å². The highest BCUT2D eigenvalue weighted by molar-refractivity contribution is 5.48. The van der Waals surface area contributed by atoms with Gasteiger partial charge in [-0.25, -0.2) is 0 Å². The number of unbranched alkanes of at least 4 members (excludes halogenated alkanes) is 6. The number of aryl methyl sites for hydroxylation is 2. The molecule has 0 saturated heterocycles. The maximum atomic E-state index is 10.8. The van der Waals surface area contributed by atoms with Crippen molar-refractivity contribution in [3.63, 3.8) is 0 Å². The number of hydrogen-bond donors (Lipinski definition) is 2. The molecule has 5 rings (SSSR count). The third kappa shape index (κ3) is 9.53. The molecule has 0 aromatic heterocycles. The van der Waals surface area contributed by atoms with Gasteiger partial charge >= 0.3 is 0 Å². The number of aromatic hydroxyl groups is 2. The van der Waals surface area contributed by atoms with Crippen LogP contribution in [0.1, 0.15) is 183 Å². The van der Waals surface area contributed by atoms with E-state index in [0.717, 1.165) is 48.6 Å². The third-order valence-electron chi connectivity index (χ3n) is 12.0. The van der Waals surface area contributed by atoms with E-state index in [1.165, 1.54) is 159 Å². The molecule has 0 amide bonds. The van der Waals surface area contributed by atoms with E-state index in [1.807, 2.05) is 12.1 Å². The summed E-state index contributed by atoms with van der Waals surface area (Å²) >= 11 is 0. The summed E-state index contributed by atoms with van der Waals surface area (Å²) in [6.07, 6.45) is 35.8. The largest absolute Gasteiger partial charge is 0.508 e. The maximum Gasteiger partial charge on any atom is 0.118 e. The molecule has 0 atom stereocenters. The Morgan fingerprint density at radius 3 is 1.34 bits per heavy atom. The standard InChI is InChI=1S/C42H64O2/c43-40-28-26-38(32-36(40)24-14-3-1-8-18-34-20-10-5-11-21-34)42(30-16-7-17-31-42)39-27-29-41(44)37(33-39)25-15-4-2-9-19-35-22-12-6-13-23-35/h26-29,32-35,43-44H,1-25,30-31H2. The Hall–Kier alpha value is -1.96. The van der Waals surface area contributed by atoms with Crippen LogP contribution in [0.2, 0.25) is 0 Å². The van der Waals surface area contributed by atoms with Gasteiger partial charge in [-0.1, -0.05) is 159 Å². The lowest BCUT2D eigenvalue weighted by molar-refractivity contribution is 0.328. The molecule has 0 heterocycles. The van der Waals surface area contributed by atoms with Crippen LogP contribution in [0.4, 0.5) is 0 Å². The van der Waals surface area contributed by atoms with Crippen molar-refractivity contribution in [2.45, 2.75) is 179 Å². The van der Waals surface area contributed by atoms with E-state index in [9.17, 15) is 10.2 Å². The predicted octanol–water partition coefficient (Wildman–Crippen LogP) is 12.5. The quantitative estimate of drug-likeness (QED) is 0.188. The molecule has 0 radical (unpaired) electrons. The Kier molecular flexibility index (Phi) is 13.4. The maximum absolute atomic E-state index is 10.8. The molecular formula is C42H64O2. The highest BCUT2D eigenvalue weighted by atomic mass is 16.3. The molecule has 0 spiro atoms.